The molecule has 1 nitrogen and oxygen atoms in total. The van der Waals surface area contributed by atoms with Crippen LogP contribution in [0.1, 0.15) is 11.1 Å². The van der Waals surface area contributed by atoms with Gasteiger partial charge < -0.3 is 4.43 Å². The van der Waals surface area contributed by atoms with Crippen molar-refractivity contribution in [1.82, 2.24) is 0 Å². The van der Waals surface area contributed by atoms with Gasteiger partial charge >= 0.3 is 0 Å². The van der Waals surface area contributed by atoms with Crippen LogP contribution in [0.2, 0.25) is 19.6 Å². The molecule has 2 aromatic carbocycles. The minimum atomic E-state index is -1.53. The Morgan fingerprint density at radius 1 is 1.00 bits per heavy atom. The zero-order chi connectivity index (χ0) is 13.9. The number of benzene rings is 2. The normalized spacial score (nSPS) is 11.4. The molecular formula is C16H19BrOSi. The quantitative estimate of drug-likeness (QED) is 0.693. The van der Waals surface area contributed by atoms with E-state index in [2.05, 4.69) is 78.0 Å². The maximum Gasteiger partial charge on any atom is 0.242 e. The van der Waals surface area contributed by atoms with Gasteiger partial charge in [0.05, 0.1) is 0 Å². The van der Waals surface area contributed by atoms with Crippen LogP contribution in [0.15, 0.2) is 53.0 Å². The Morgan fingerprint density at radius 3 is 2.26 bits per heavy atom. The fourth-order valence-electron chi connectivity index (χ4n) is 1.90. The van der Waals surface area contributed by atoms with Gasteiger partial charge in [-0.25, -0.2) is 0 Å². The molecule has 0 saturated carbocycles. The van der Waals surface area contributed by atoms with Gasteiger partial charge in [0, 0.05) is 4.47 Å². The second-order valence-electron chi connectivity index (χ2n) is 5.63. The van der Waals surface area contributed by atoms with E-state index in [0.717, 1.165) is 16.6 Å². The highest BCUT2D eigenvalue weighted by atomic mass is 79.9. The van der Waals surface area contributed by atoms with E-state index >= 15 is 0 Å². The molecule has 19 heavy (non-hydrogen) atoms. The first-order valence-electron chi connectivity index (χ1n) is 6.45. The van der Waals surface area contributed by atoms with E-state index < -0.39 is 8.32 Å². The fourth-order valence-corrected chi connectivity index (χ4v) is 3.24. The van der Waals surface area contributed by atoms with Crippen molar-refractivity contribution in [2.75, 3.05) is 0 Å². The summed E-state index contributed by atoms with van der Waals surface area (Å²) in [7, 11) is -1.53. The molecule has 2 rings (SSSR count). The second-order valence-corrected chi connectivity index (χ2v) is 10.9. The van der Waals surface area contributed by atoms with Crippen molar-refractivity contribution in [3.63, 3.8) is 0 Å². The van der Waals surface area contributed by atoms with Crippen molar-refractivity contribution in [2.45, 2.75) is 26.1 Å². The standard InChI is InChI=1S/C16H19BrOSi/c1-19(2,3)18-15-10-9-14(16(17)12-15)11-13-7-5-4-6-8-13/h4-10,12H,11H2,1-3H3. The zero-order valence-electron chi connectivity index (χ0n) is 11.6. The summed E-state index contributed by atoms with van der Waals surface area (Å²) in [5.41, 5.74) is 2.61. The Hall–Kier alpha value is -1.06. The molecular weight excluding hydrogens is 316 g/mol. The van der Waals surface area contributed by atoms with Crippen LogP contribution in [-0.4, -0.2) is 8.32 Å². The molecule has 0 aliphatic heterocycles. The first-order valence-corrected chi connectivity index (χ1v) is 10.7. The van der Waals surface area contributed by atoms with Crippen LogP contribution in [0.4, 0.5) is 0 Å². The Balaban J connectivity index is 2.16. The maximum absolute atomic E-state index is 6.00. The van der Waals surface area contributed by atoms with Crippen LogP contribution in [-0.2, 0) is 6.42 Å². The molecule has 0 heterocycles. The minimum Gasteiger partial charge on any atom is -0.544 e. The summed E-state index contributed by atoms with van der Waals surface area (Å²) in [5, 5.41) is 0. The van der Waals surface area contributed by atoms with Crippen molar-refractivity contribution >= 4 is 24.2 Å². The smallest absolute Gasteiger partial charge is 0.242 e. The molecule has 0 atom stereocenters. The van der Waals surface area contributed by atoms with Gasteiger partial charge in [-0.3, -0.25) is 0 Å². The first-order chi connectivity index (χ1) is 8.94. The molecule has 0 fully saturated rings. The summed E-state index contributed by atoms with van der Waals surface area (Å²) in [4.78, 5) is 0. The summed E-state index contributed by atoms with van der Waals surface area (Å²) < 4.78 is 7.11. The van der Waals surface area contributed by atoms with Gasteiger partial charge in [0.25, 0.3) is 0 Å². The van der Waals surface area contributed by atoms with E-state index in [1.54, 1.807) is 0 Å². The third-order valence-electron chi connectivity index (χ3n) is 2.69. The molecule has 0 unspecified atom stereocenters. The van der Waals surface area contributed by atoms with E-state index in [0.29, 0.717) is 0 Å². The van der Waals surface area contributed by atoms with Crippen LogP contribution in [0.3, 0.4) is 0 Å². The summed E-state index contributed by atoms with van der Waals surface area (Å²) in [5.74, 6) is 0.961. The summed E-state index contributed by atoms with van der Waals surface area (Å²) in [6.07, 6.45) is 0.939. The monoisotopic (exact) mass is 334 g/mol. The summed E-state index contributed by atoms with van der Waals surface area (Å²) >= 11 is 3.65. The topological polar surface area (TPSA) is 9.23 Å². The van der Waals surface area contributed by atoms with Crippen LogP contribution < -0.4 is 4.43 Å². The summed E-state index contributed by atoms with van der Waals surface area (Å²) in [6.45, 7) is 6.58. The molecule has 0 N–H and O–H groups in total. The van der Waals surface area contributed by atoms with Crippen molar-refractivity contribution < 1.29 is 4.43 Å². The van der Waals surface area contributed by atoms with E-state index in [1.165, 1.54) is 11.1 Å². The number of hydrogen-bond acceptors (Lipinski definition) is 1. The van der Waals surface area contributed by atoms with Crippen LogP contribution in [0, 0.1) is 0 Å². The molecule has 0 amide bonds. The second kappa shape index (κ2) is 5.93. The molecule has 0 aliphatic carbocycles. The Morgan fingerprint density at radius 2 is 1.68 bits per heavy atom. The highest BCUT2D eigenvalue weighted by Crippen LogP contribution is 2.26. The lowest BCUT2D eigenvalue weighted by Crippen LogP contribution is -2.29. The number of hydrogen-bond donors (Lipinski definition) is 0. The van der Waals surface area contributed by atoms with E-state index in [9.17, 15) is 0 Å². The fraction of sp³-hybridized carbons (Fsp3) is 0.250. The average molecular weight is 335 g/mol. The van der Waals surface area contributed by atoms with Gasteiger partial charge in [0.15, 0.2) is 0 Å². The first kappa shape index (κ1) is 14.3. The Labute approximate surface area is 124 Å². The van der Waals surface area contributed by atoms with Crippen molar-refractivity contribution in [2.24, 2.45) is 0 Å². The molecule has 0 aliphatic rings. The SMILES string of the molecule is C[Si](C)(C)Oc1ccc(Cc2ccccc2)c(Br)c1. The van der Waals surface area contributed by atoms with Gasteiger partial charge in [-0.05, 0) is 49.3 Å². The predicted octanol–water partition coefficient (Wildman–Crippen LogP) is 5.25. The molecule has 2 aromatic rings. The molecule has 0 radical (unpaired) electrons. The van der Waals surface area contributed by atoms with Crippen molar-refractivity contribution in [3.8, 4) is 5.75 Å². The van der Waals surface area contributed by atoms with Crippen molar-refractivity contribution in [1.29, 1.82) is 0 Å². The van der Waals surface area contributed by atoms with E-state index in [-0.39, 0.29) is 0 Å². The van der Waals surface area contributed by atoms with Gasteiger partial charge in [-0.2, -0.15) is 0 Å². The predicted molar refractivity (Wildman–Crippen MR) is 87.4 cm³/mol. The van der Waals surface area contributed by atoms with Crippen molar-refractivity contribution in [3.05, 3.63) is 64.1 Å². The van der Waals surface area contributed by atoms with Crippen LogP contribution >= 0.6 is 15.9 Å². The lowest BCUT2D eigenvalue weighted by molar-refractivity contribution is 0.557. The molecule has 0 aromatic heterocycles. The van der Waals surface area contributed by atoms with E-state index in [4.69, 9.17) is 4.43 Å². The number of rotatable bonds is 4. The highest BCUT2D eigenvalue weighted by Gasteiger charge is 2.16. The third kappa shape index (κ3) is 4.51. The number of halogens is 1. The van der Waals surface area contributed by atoms with Gasteiger partial charge in [0.1, 0.15) is 5.75 Å². The summed E-state index contributed by atoms with van der Waals surface area (Å²) in [6, 6.07) is 16.8. The third-order valence-corrected chi connectivity index (χ3v) is 4.27. The van der Waals surface area contributed by atoms with Gasteiger partial charge in [0.2, 0.25) is 8.32 Å². The maximum atomic E-state index is 6.00. The van der Waals surface area contributed by atoms with Gasteiger partial charge in [-0.15, -0.1) is 0 Å². The molecule has 0 saturated heterocycles. The van der Waals surface area contributed by atoms with Crippen LogP contribution in [0.25, 0.3) is 0 Å². The van der Waals surface area contributed by atoms with E-state index in [1.807, 2.05) is 6.07 Å². The lowest BCUT2D eigenvalue weighted by atomic mass is 10.1. The average Bonchev–Trinajstić information content (AvgIpc) is 2.32. The van der Waals surface area contributed by atoms with Gasteiger partial charge in [-0.1, -0.05) is 52.3 Å². The Kier molecular flexibility index (Phi) is 4.48. The highest BCUT2D eigenvalue weighted by molar-refractivity contribution is 9.10. The minimum absolute atomic E-state index is 0.939. The molecule has 100 valence electrons. The lowest BCUT2D eigenvalue weighted by Gasteiger charge is -2.19. The largest absolute Gasteiger partial charge is 0.544 e. The molecule has 0 spiro atoms. The van der Waals surface area contributed by atoms with Crippen LogP contribution in [0.5, 0.6) is 5.75 Å². The Bertz CT molecular complexity index is 546. The molecule has 3 heteroatoms. The zero-order valence-corrected chi connectivity index (χ0v) is 14.2. The molecule has 0 bridgehead atoms.